The fourth-order valence-corrected chi connectivity index (χ4v) is 1.97. The van der Waals surface area contributed by atoms with Gasteiger partial charge in [0.1, 0.15) is 0 Å². The number of β-amino-alcohol motifs (C(OH)–C–C–N with tert-alkyl or cyclic N) is 1. The molecule has 0 bridgehead atoms. The van der Waals surface area contributed by atoms with Gasteiger partial charge in [-0.05, 0) is 6.42 Å². The van der Waals surface area contributed by atoms with Crippen LogP contribution in [-0.4, -0.2) is 63.8 Å². The van der Waals surface area contributed by atoms with E-state index in [0.29, 0.717) is 6.54 Å². The number of hydrogen-bond donors (Lipinski definition) is 5. The van der Waals surface area contributed by atoms with Gasteiger partial charge in [0, 0.05) is 19.9 Å². The number of nitrogens with one attached hydrogen (secondary N) is 2. The Morgan fingerprint density at radius 3 is 2.47 bits per heavy atom. The van der Waals surface area contributed by atoms with E-state index in [9.17, 15) is 24.6 Å². The van der Waals surface area contributed by atoms with Crippen LogP contribution in [0.4, 0.5) is 0 Å². The Bertz CT molecular complexity index is 372. The van der Waals surface area contributed by atoms with Crippen LogP contribution in [0, 0.1) is 0 Å². The van der Waals surface area contributed by atoms with E-state index >= 15 is 0 Å². The Hall–Kier alpha value is -1.51. The average molecular weight is 274 g/mol. The molecule has 1 saturated heterocycles. The van der Waals surface area contributed by atoms with Crippen LogP contribution in [-0.2, 0) is 14.4 Å². The number of aliphatic hydroxyl groups excluding tert-OH is 2. The van der Waals surface area contributed by atoms with Gasteiger partial charge in [-0.2, -0.15) is 0 Å². The van der Waals surface area contributed by atoms with Crippen LogP contribution in [0.25, 0.3) is 0 Å². The van der Waals surface area contributed by atoms with Gasteiger partial charge < -0.3 is 26.0 Å². The first-order valence-electron chi connectivity index (χ1n) is 5.93. The van der Waals surface area contributed by atoms with E-state index in [-0.39, 0.29) is 12.2 Å². The maximum absolute atomic E-state index is 11.8. The highest BCUT2D eigenvalue weighted by Crippen LogP contribution is 2.11. The van der Waals surface area contributed by atoms with Crippen molar-refractivity contribution in [2.75, 3.05) is 6.54 Å². The third-order valence-electron chi connectivity index (χ3n) is 2.92. The highest BCUT2D eigenvalue weighted by Gasteiger charge is 2.33. The van der Waals surface area contributed by atoms with Crippen molar-refractivity contribution in [3.63, 3.8) is 0 Å². The predicted octanol–water partition coefficient (Wildman–Crippen LogP) is -2.38. The Morgan fingerprint density at radius 2 is 2.05 bits per heavy atom. The Balaban J connectivity index is 2.55. The summed E-state index contributed by atoms with van der Waals surface area (Å²) in [6, 6.07) is -2.11. The zero-order chi connectivity index (χ0) is 14.6. The van der Waals surface area contributed by atoms with Crippen LogP contribution >= 0.6 is 0 Å². The van der Waals surface area contributed by atoms with E-state index in [0.717, 1.165) is 6.92 Å². The topological polar surface area (TPSA) is 136 Å². The van der Waals surface area contributed by atoms with Gasteiger partial charge in [-0.25, -0.2) is 4.79 Å². The lowest BCUT2D eigenvalue weighted by atomic mass is 10.00. The van der Waals surface area contributed by atoms with Gasteiger partial charge in [-0.1, -0.05) is 0 Å². The van der Waals surface area contributed by atoms with Crippen LogP contribution in [0.3, 0.4) is 0 Å². The van der Waals surface area contributed by atoms with Gasteiger partial charge in [0.25, 0.3) is 0 Å². The van der Waals surface area contributed by atoms with Gasteiger partial charge in [-0.15, -0.1) is 0 Å². The molecule has 108 valence electrons. The van der Waals surface area contributed by atoms with Crippen molar-refractivity contribution in [2.24, 2.45) is 0 Å². The van der Waals surface area contributed by atoms with Crippen molar-refractivity contribution >= 4 is 17.7 Å². The molecule has 0 aliphatic carbocycles. The van der Waals surface area contributed by atoms with E-state index in [2.05, 4.69) is 10.6 Å². The molecule has 0 aromatic rings. The third kappa shape index (κ3) is 4.58. The summed E-state index contributed by atoms with van der Waals surface area (Å²) in [5, 5.41) is 32.7. The normalized spacial score (nSPS) is 25.6. The molecule has 1 fully saturated rings. The quantitative estimate of drug-likeness (QED) is 0.365. The molecule has 1 aliphatic heterocycles. The lowest BCUT2D eigenvalue weighted by molar-refractivity contribution is -0.145. The van der Waals surface area contributed by atoms with Gasteiger partial charge in [0.15, 0.2) is 11.8 Å². The number of aliphatic carboxylic acids is 1. The van der Waals surface area contributed by atoms with Crippen molar-refractivity contribution in [1.29, 1.82) is 0 Å². The summed E-state index contributed by atoms with van der Waals surface area (Å²) in [6.07, 6.45) is -2.28. The summed E-state index contributed by atoms with van der Waals surface area (Å²) in [7, 11) is 0. The minimum absolute atomic E-state index is 0.240. The first kappa shape index (κ1) is 15.5. The minimum atomic E-state index is -1.52. The van der Waals surface area contributed by atoms with Crippen LogP contribution in [0.5, 0.6) is 0 Å². The molecule has 1 amide bonds. The molecule has 1 aliphatic rings. The second-order valence-corrected chi connectivity index (χ2v) is 4.60. The zero-order valence-electron chi connectivity index (χ0n) is 10.5. The molecule has 0 unspecified atom stereocenters. The molecule has 5 N–H and O–H groups in total. The van der Waals surface area contributed by atoms with Crippen molar-refractivity contribution in [2.45, 2.75) is 44.1 Å². The van der Waals surface area contributed by atoms with Crippen LogP contribution < -0.4 is 10.6 Å². The maximum Gasteiger partial charge on any atom is 0.328 e. The van der Waals surface area contributed by atoms with Crippen LogP contribution in [0.2, 0.25) is 0 Å². The molecule has 0 spiro atoms. The van der Waals surface area contributed by atoms with Crippen molar-refractivity contribution < 1.29 is 29.7 Å². The molecule has 0 radical (unpaired) electrons. The van der Waals surface area contributed by atoms with Gasteiger partial charge >= 0.3 is 5.97 Å². The highest BCUT2D eigenvalue weighted by atomic mass is 16.4. The molecule has 4 atom stereocenters. The molecular weight excluding hydrogens is 256 g/mol. The number of aliphatic hydroxyl groups is 2. The van der Waals surface area contributed by atoms with E-state index in [1.807, 2.05) is 0 Å². The van der Waals surface area contributed by atoms with E-state index in [1.54, 1.807) is 0 Å². The first-order chi connectivity index (χ1) is 8.81. The highest BCUT2D eigenvalue weighted by molar-refractivity contribution is 5.87. The number of Topliss-reactive ketones (excluding diaryl/α,β-unsaturated/α-hetero) is 1. The SMILES string of the molecule is CC(=O)N[C@H](C(=O)O)[C@H](O)CC(=O)[C@@H]1C[C@@H](O)CN1. The predicted molar refractivity (Wildman–Crippen MR) is 63.3 cm³/mol. The van der Waals surface area contributed by atoms with Gasteiger partial charge in [-0.3, -0.25) is 9.59 Å². The summed E-state index contributed by atoms with van der Waals surface area (Å²) < 4.78 is 0. The minimum Gasteiger partial charge on any atom is -0.480 e. The first-order valence-corrected chi connectivity index (χ1v) is 5.93. The van der Waals surface area contributed by atoms with E-state index in [4.69, 9.17) is 5.11 Å². The molecule has 1 heterocycles. The Morgan fingerprint density at radius 1 is 1.42 bits per heavy atom. The lowest BCUT2D eigenvalue weighted by Crippen LogP contribution is -2.49. The summed E-state index contributed by atoms with van der Waals surface area (Å²) in [5.41, 5.74) is 0. The van der Waals surface area contributed by atoms with E-state index in [1.165, 1.54) is 0 Å². The second-order valence-electron chi connectivity index (χ2n) is 4.60. The van der Waals surface area contributed by atoms with Crippen LogP contribution in [0.1, 0.15) is 19.8 Å². The maximum atomic E-state index is 11.8. The largest absolute Gasteiger partial charge is 0.480 e. The van der Waals surface area contributed by atoms with Crippen molar-refractivity contribution in [3.05, 3.63) is 0 Å². The number of rotatable bonds is 6. The summed E-state index contributed by atoms with van der Waals surface area (Å²) >= 11 is 0. The molecule has 1 rings (SSSR count). The number of carbonyl (C=O) groups excluding carboxylic acids is 2. The number of carboxylic acids is 1. The number of ketones is 1. The number of carbonyl (C=O) groups is 3. The van der Waals surface area contributed by atoms with Crippen molar-refractivity contribution in [3.8, 4) is 0 Å². The number of amides is 1. The summed E-state index contributed by atoms with van der Waals surface area (Å²) in [6.45, 7) is 1.42. The fraction of sp³-hybridized carbons (Fsp3) is 0.727. The Labute approximate surface area is 109 Å². The third-order valence-corrected chi connectivity index (χ3v) is 2.92. The van der Waals surface area contributed by atoms with Crippen molar-refractivity contribution in [1.82, 2.24) is 10.6 Å². The fourth-order valence-electron chi connectivity index (χ4n) is 1.97. The van der Waals surface area contributed by atoms with Crippen LogP contribution in [0.15, 0.2) is 0 Å². The second kappa shape index (κ2) is 6.60. The van der Waals surface area contributed by atoms with E-state index < -0.39 is 42.6 Å². The number of hydrogen-bond acceptors (Lipinski definition) is 6. The molecular formula is C11H18N2O6. The van der Waals surface area contributed by atoms with Gasteiger partial charge in [0.05, 0.1) is 18.2 Å². The molecule has 0 aromatic heterocycles. The molecule has 0 aromatic carbocycles. The molecule has 0 saturated carbocycles. The summed E-state index contributed by atoms with van der Waals surface area (Å²) in [4.78, 5) is 33.5. The zero-order valence-corrected chi connectivity index (χ0v) is 10.5. The lowest BCUT2D eigenvalue weighted by Gasteiger charge is -2.20. The molecule has 8 nitrogen and oxygen atoms in total. The van der Waals surface area contributed by atoms with Gasteiger partial charge in [0.2, 0.25) is 5.91 Å². The summed E-state index contributed by atoms with van der Waals surface area (Å²) in [5.74, 6) is -2.40. The Kier molecular flexibility index (Phi) is 5.40. The average Bonchev–Trinajstić information content (AvgIpc) is 2.72. The standard InChI is InChI=1S/C11H18N2O6/c1-5(14)13-10(11(18)19)9(17)3-8(16)7-2-6(15)4-12-7/h6-7,9-10,12,15,17H,2-4H2,1H3,(H,13,14)(H,18,19)/t6-,7+,9-,10+/m1/s1. The molecule has 19 heavy (non-hydrogen) atoms. The monoisotopic (exact) mass is 274 g/mol. The number of carboxylic acid groups (broad SMARTS) is 1. The smallest absolute Gasteiger partial charge is 0.328 e. The molecule has 8 heteroatoms.